The normalized spacial score (nSPS) is 17.5. The summed E-state index contributed by atoms with van der Waals surface area (Å²) in [6.07, 6.45) is 4.55. The van der Waals surface area contributed by atoms with Crippen molar-refractivity contribution in [2.75, 3.05) is 0 Å². The van der Waals surface area contributed by atoms with Crippen LogP contribution in [0.1, 0.15) is 36.8 Å². The zero-order chi connectivity index (χ0) is 13.3. The van der Waals surface area contributed by atoms with Crippen LogP contribution in [0.2, 0.25) is 0 Å². The summed E-state index contributed by atoms with van der Waals surface area (Å²) in [7, 11) is 0. The molecule has 0 spiro atoms. The van der Waals surface area contributed by atoms with Gasteiger partial charge in [-0.15, -0.1) is 0 Å². The third-order valence-electron chi connectivity index (χ3n) is 3.55. The van der Waals surface area contributed by atoms with Gasteiger partial charge in [0, 0.05) is 5.56 Å². The summed E-state index contributed by atoms with van der Waals surface area (Å²) < 4.78 is 14.5. The van der Waals surface area contributed by atoms with E-state index in [0.717, 1.165) is 18.4 Å². The van der Waals surface area contributed by atoms with Crippen LogP contribution in [0.25, 0.3) is 0 Å². The molecule has 1 aliphatic carbocycles. The van der Waals surface area contributed by atoms with Crippen molar-refractivity contribution in [3.05, 3.63) is 27.5 Å². The molecule has 0 aromatic heterocycles. The number of aromatic hydroxyl groups is 1. The van der Waals surface area contributed by atoms with Crippen molar-refractivity contribution in [3.8, 4) is 5.75 Å². The van der Waals surface area contributed by atoms with E-state index >= 15 is 0 Å². The molecule has 1 aliphatic rings. The summed E-state index contributed by atoms with van der Waals surface area (Å²) in [6.45, 7) is 1.76. The predicted octanol–water partition coefficient (Wildman–Crippen LogP) is 3.71. The standard InChI is InChI=1S/C13H13BrFNO2/c1-8-6-9(11(15)12(18)10(8)14)13(16-7-17)4-2-3-5-13/h6,18H,2-5H2,1H3. The van der Waals surface area contributed by atoms with Gasteiger partial charge in [-0.2, -0.15) is 4.99 Å². The number of hydrogen-bond donors (Lipinski definition) is 1. The van der Waals surface area contributed by atoms with Crippen LogP contribution in [0.15, 0.2) is 15.5 Å². The zero-order valence-corrected chi connectivity index (χ0v) is 11.6. The minimum Gasteiger partial charge on any atom is -0.504 e. The lowest BCUT2D eigenvalue weighted by Gasteiger charge is -2.24. The lowest BCUT2D eigenvalue weighted by Crippen LogP contribution is -2.21. The van der Waals surface area contributed by atoms with E-state index in [-0.39, 0.29) is 0 Å². The molecule has 0 aliphatic heterocycles. The van der Waals surface area contributed by atoms with Crippen LogP contribution in [-0.2, 0) is 10.3 Å². The van der Waals surface area contributed by atoms with E-state index in [0.29, 0.717) is 22.9 Å². The van der Waals surface area contributed by atoms with Gasteiger partial charge in [0.05, 0.1) is 4.47 Å². The van der Waals surface area contributed by atoms with Crippen LogP contribution in [-0.4, -0.2) is 11.2 Å². The number of aliphatic imine (C=N–C) groups is 1. The number of benzene rings is 1. The van der Waals surface area contributed by atoms with Gasteiger partial charge in [0.15, 0.2) is 11.6 Å². The Morgan fingerprint density at radius 1 is 1.50 bits per heavy atom. The van der Waals surface area contributed by atoms with Crippen LogP contribution in [0.3, 0.4) is 0 Å². The van der Waals surface area contributed by atoms with E-state index in [1.807, 2.05) is 0 Å². The van der Waals surface area contributed by atoms with E-state index in [1.54, 1.807) is 19.1 Å². The second kappa shape index (κ2) is 4.82. The molecule has 0 radical (unpaired) electrons. The average Bonchev–Trinajstić information content (AvgIpc) is 2.81. The fraction of sp³-hybridized carbons (Fsp3) is 0.462. The molecule has 1 N–H and O–H groups in total. The zero-order valence-electron chi connectivity index (χ0n) is 9.96. The lowest BCUT2D eigenvalue weighted by molar-refractivity contribution is 0.391. The Labute approximate surface area is 113 Å². The van der Waals surface area contributed by atoms with Crippen LogP contribution >= 0.6 is 15.9 Å². The molecule has 2 rings (SSSR count). The summed E-state index contributed by atoms with van der Waals surface area (Å²) >= 11 is 3.13. The molecule has 0 heterocycles. The van der Waals surface area contributed by atoms with Crippen molar-refractivity contribution in [2.24, 2.45) is 4.99 Å². The van der Waals surface area contributed by atoms with E-state index < -0.39 is 17.1 Å². The topological polar surface area (TPSA) is 49.7 Å². The SMILES string of the molecule is Cc1cc(C2(N=C=O)CCCC2)c(F)c(O)c1Br. The molecule has 3 nitrogen and oxygen atoms in total. The minimum atomic E-state index is -0.852. The Bertz CT molecular complexity index is 532. The molecular formula is C13H13BrFNO2. The van der Waals surface area contributed by atoms with Crippen LogP contribution < -0.4 is 0 Å². The maximum atomic E-state index is 14.2. The summed E-state index contributed by atoms with van der Waals surface area (Å²) in [5, 5.41) is 9.75. The van der Waals surface area contributed by atoms with Gasteiger partial charge in [0.25, 0.3) is 0 Å². The van der Waals surface area contributed by atoms with Crippen molar-refractivity contribution in [1.82, 2.24) is 0 Å². The smallest absolute Gasteiger partial charge is 0.235 e. The quantitative estimate of drug-likeness (QED) is 0.668. The molecule has 0 atom stereocenters. The number of phenolic OH excluding ortho intramolecular Hbond substituents is 1. The molecule has 96 valence electrons. The number of aryl methyl sites for hydroxylation is 1. The van der Waals surface area contributed by atoms with E-state index in [1.165, 1.54) is 0 Å². The van der Waals surface area contributed by atoms with Crippen molar-refractivity contribution in [3.63, 3.8) is 0 Å². The number of rotatable bonds is 2. The Kier molecular flexibility index (Phi) is 3.55. The molecule has 18 heavy (non-hydrogen) atoms. The van der Waals surface area contributed by atoms with E-state index in [2.05, 4.69) is 20.9 Å². The van der Waals surface area contributed by atoms with Crippen LogP contribution in [0.4, 0.5) is 4.39 Å². The molecule has 1 aromatic rings. The van der Waals surface area contributed by atoms with Crippen LogP contribution in [0.5, 0.6) is 5.75 Å². The third kappa shape index (κ3) is 1.98. The van der Waals surface area contributed by atoms with Crippen LogP contribution in [0, 0.1) is 12.7 Å². The number of phenols is 1. The molecule has 0 amide bonds. The Morgan fingerprint density at radius 3 is 2.67 bits per heavy atom. The molecule has 1 saturated carbocycles. The largest absolute Gasteiger partial charge is 0.504 e. The second-order valence-electron chi connectivity index (χ2n) is 4.66. The van der Waals surface area contributed by atoms with Gasteiger partial charge in [-0.05, 0) is 47.3 Å². The van der Waals surface area contributed by atoms with Gasteiger partial charge in [-0.25, -0.2) is 9.18 Å². The molecule has 0 unspecified atom stereocenters. The summed E-state index contributed by atoms with van der Waals surface area (Å²) in [6, 6.07) is 1.64. The maximum absolute atomic E-state index is 14.2. The lowest BCUT2D eigenvalue weighted by atomic mass is 9.87. The van der Waals surface area contributed by atoms with Crippen molar-refractivity contribution >= 4 is 22.0 Å². The highest BCUT2D eigenvalue weighted by Gasteiger charge is 2.39. The molecule has 0 bridgehead atoms. The fourth-order valence-electron chi connectivity index (χ4n) is 2.58. The summed E-state index contributed by atoms with van der Waals surface area (Å²) in [5.41, 5.74) is 0.159. The number of carbonyl (C=O) groups excluding carboxylic acids is 1. The molecule has 1 aromatic carbocycles. The van der Waals surface area contributed by atoms with Gasteiger partial charge < -0.3 is 5.11 Å². The maximum Gasteiger partial charge on any atom is 0.235 e. The van der Waals surface area contributed by atoms with Gasteiger partial charge in [-0.3, -0.25) is 0 Å². The summed E-state index contributed by atoms with van der Waals surface area (Å²) in [5.74, 6) is -1.12. The minimum absolute atomic E-state index is 0.293. The van der Waals surface area contributed by atoms with Gasteiger partial charge in [0.2, 0.25) is 6.08 Å². The number of isocyanates is 1. The van der Waals surface area contributed by atoms with Crippen molar-refractivity contribution in [2.45, 2.75) is 38.1 Å². The number of hydrogen-bond acceptors (Lipinski definition) is 3. The Morgan fingerprint density at radius 2 is 2.11 bits per heavy atom. The number of halogens is 2. The van der Waals surface area contributed by atoms with Crippen molar-refractivity contribution < 1.29 is 14.3 Å². The highest BCUT2D eigenvalue weighted by atomic mass is 79.9. The van der Waals surface area contributed by atoms with E-state index in [9.17, 15) is 14.3 Å². The van der Waals surface area contributed by atoms with Crippen molar-refractivity contribution in [1.29, 1.82) is 0 Å². The first-order valence-electron chi connectivity index (χ1n) is 5.79. The average molecular weight is 314 g/mol. The summed E-state index contributed by atoms with van der Waals surface area (Å²) in [4.78, 5) is 14.4. The van der Waals surface area contributed by atoms with Gasteiger partial charge in [-0.1, -0.05) is 12.8 Å². The molecular weight excluding hydrogens is 301 g/mol. The van der Waals surface area contributed by atoms with Gasteiger partial charge in [0.1, 0.15) is 5.54 Å². The highest BCUT2D eigenvalue weighted by molar-refractivity contribution is 9.10. The number of nitrogens with zero attached hydrogens (tertiary/aromatic N) is 1. The first-order valence-corrected chi connectivity index (χ1v) is 6.58. The fourth-order valence-corrected chi connectivity index (χ4v) is 2.87. The van der Waals surface area contributed by atoms with E-state index in [4.69, 9.17) is 0 Å². The Hall–Kier alpha value is -1.19. The van der Waals surface area contributed by atoms with Gasteiger partial charge >= 0.3 is 0 Å². The predicted molar refractivity (Wildman–Crippen MR) is 68.8 cm³/mol. The first-order chi connectivity index (χ1) is 8.52. The Balaban J connectivity index is 2.66. The molecule has 0 saturated heterocycles. The third-order valence-corrected chi connectivity index (χ3v) is 4.55. The molecule has 5 heteroatoms. The highest BCUT2D eigenvalue weighted by Crippen LogP contribution is 2.46. The second-order valence-corrected chi connectivity index (χ2v) is 5.45. The molecule has 1 fully saturated rings. The monoisotopic (exact) mass is 313 g/mol. The first kappa shape index (κ1) is 13.2.